The van der Waals surface area contributed by atoms with E-state index in [1.807, 2.05) is 0 Å². The van der Waals surface area contributed by atoms with Gasteiger partial charge in [-0.2, -0.15) is 0 Å². The summed E-state index contributed by atoms with van der Waals surface area (Å²) >= 11 is 0. The Labute approximate surface area is 306 Å². The lowest BCUT2D eigenvalue weighted by atomic mass is 9.29. The summed E-state index contributed by atoms with van der Waals surface area (Å²) in [6.45, 7) is 28.0. The van der Waals surface area contributed by atoms with Gasteiger partial charge in [-0.1, -0.05) is 99.9 Å². The molecule has 0 spiro atoms. The number of benzene rings is 6. The molecule has 0 saturated heterocycles. The normalized spacial score (nSPS) is 13.0. The third-order valence-electron chi connectivity index (χ3n) is 13.3. The van der Waals surface area contributed by atoms with E-state index in [4.69, 9.17) is 0 Å². The lowest BCUT2D eigenvalue weighted by Gasteiger charge is -2.45. The van der Waals surface area contributed by atoms with Crippen molar-refractivity contribution < 1.29 is 0 Å². The predicted octanol–water partition coefficient (Wildman–Crippen LogP) is 8.18. The van der Waals surface area contributed by atoms with Crippen molar-refractivity contribution in [1.82, 2.24) is 0 Å². The Balaban J connectivity index is 1.59. The van der Waals surface area contributed by atoms with Crippen molar-refractivity contribution in [2.75, 3.05) is 4.90 Å². The van der Waals surface area contributed by atoms with E-state index >= 15 is 0 Å². The van der Waals surface area contributed by atoms with Gasteiger partial charge in [-0.15, -0.1) is 0 Å². The first-order valence-corrected chi connectivity index (χ1v) is 18.7. The van der Waals surface area contributed by atoms with Crippen molar-refractivity contribution in [2.24, 2.45) is 0 Å². The van der Waals surface area contributed by atoms with Gasteiger partial charge < -0.3 is 4.90 Å². The van der Waals surface area contributed by atoms with Crippen LogP contribution < -0.4 is 37.7 Å². The quantitative estimate of drug-likeness (QED) is 0.173. The van der Waals surface area contributed by atoms with Crippen LogP contribution >= 0.6 is 0 Å². The molecule has 0 aliphatic carbocycles. The van der Waals surface area contributed by atoms with Gasteiger partial charge in [0.2, 0.25) is 13.4 Å². The van der Waals surface area contributed by atoms with E-state index in [1.54, 1.807) is 0 Å². The molecule has 0 aromatic heterocycles. The molecule has 0 bridgehead atoms. The Morgan fingerprint density at radius 2 is 0.725 bits per heavy atom. The zero-order valence-corrected chi connectivity index (χ0v) is 32.6. The minimum atomic E-state index is 0.1000. The maximum atomic E-state index is 2.65. The van der Waals surface area contributed by atoms with Gasteiger partial charge in [-0.3, -0.25) is 0 Å². The van der Waals surface area contributed by atoms with E-state index in [1.165, 1.54) is 128 Å². The average Bonchev–Trinajstić information content (AvgIpc) is 3.13. The van der Waals surface area contributed by atoms with Crippen LogP contribution in [0.25, 0.3) is 11.1 Å². The van der Waals surface area contributed by atoms with Gasteiger partial charge in [0.1, 0.15) is 0 Å². The van der Waals surface area contributed by atoms with Crippen LogP contribution in [0.1, 0.15) is 66.8 Å². The highest BCUT2D eigenvalue weighted by atomic mass is 15.2. The van der Waals surface area contributed by atoms with Crippen LogP contribution in [0, 0.1) is 83.1 Å². The van der Waals surface area contributed by atoms with Crippen LogP contribution in [0.5, 0.6) is 0 Å². The third kappa shape index (κ3) is 4.77. The Kier molecular flexibility index (Phi) is 7.80. The van der Waals surface area contributed by atoms with Crippen LogP contribution in [0.15, 0.2) is 78.9 Å². The van der Waals surface area contributed by atoms with Crippen molar-refractivity contribution in [1.29, 1.82) is 0 Å². The molecule has 0 fully saturated rings. The van der Waals surface area contributed by atoms with Crippen LogP contribution in [0.3, 0.4) is 0 Å². The molecule has 0 radical (unpaired) electrons. The molecule has 51 heavy (non-hydrogen) atoms. The molecule has 6 aromatic carbocycles. The summed E-state index contributed by atoms with van der Waals surface area (Å²) in [5.74, 6) is 0. The Hall–Kier alpha value is -4.75. The number of fused-ring (bicyclic) bond motifs is 4. The van der Waals surface area contributed by atoms with Crippen molar-refractivity contribution in [3.8, 4) is 11.1 Å². The summed E-state index contributed by atoms with van der Waals surface area (Å²) in [5.41, 5.74) is 31.8. The maximum absolute atomic E-state index is 2.65. The Bertz CT molecular complexity index is 2250. The van der Waals surface area contributed by atoms with E-state index in [2.05, 4.69) is 167 Å². The molecule has 0 N–H and O–H groups in total. The van der Waals surface area contributed by atoms with Crippen molar-refractivity contribution in [3.05, 3.63) is 146 Å². The summed E-state index contributed by atoms with van der Waals surface area (Å²) in [7, 11) is 0. The molecule has 252 valence electrons. The SMILES string of the molecule is Cc1ccc2c(c1)N1c3cc(C)ccc3B(c3c(C)c(C)c(C)c(C)c3C)c3cc(-c4ccccc4)cc(c31)B2c1c(C)c(C)c(C)c(C)c1C. The lowest BCUT2D eigenvalue weighted by Crippen LogP contribution is -2.66. The van der Waals surface area contributed by atoms with Crippen molar-refractivity contribution in [3.63, 3.8) is 0 Å². The highest BCUT2D eigenvalue weighted by molar-refractivity contribution is 7.02. The van der Waals surface area contributed by atoms with E-state index in [-0.39, 0.29) is 13.4 Å². The molecular weight excluding hydrogens is 612 g/mol. The standard InChI is InChI=1S/C48H49B2N/c1-26-18-20-40-44(22-26)51-45-23-27(2)19-21-41(45)50(47-36(11)32(7)29(4)33(8)37(47)12)43-25-39(38-16-14-13-15-17-38)24-42(48(43)51)49(40)46-34(9)30(5)28(3)31(6)35(46)10/h13-25H,1-12H3. The number of hydrogen-bond donors (Lipinski definition) is 0. The Morgan fingerprint density at radius 3 is 1.12 bits per heavy atom. The van der Waals surface area contributed by atoms with Crippen LogP contribution in [-0.4, -0.2) is 13.4 Å². The highest BCUT2D eigenvalue weighted by Crippen LogP contribution is 2.40. The van der Waals surface area contributed by atoms with Gasteiger partial charge in [0.05, 0.1) is 0 Å². The monoisotopic (exact) mass is 661 g/mol. The van der Waals surface area contributed by atoms with Crippen LogP contribution in [0.4, 0.5) is 17.1 Å². The first kappa shape index (κ1) is 33.4. The molecule has 0 unspecified atom stereocenters. The summed E-state index contributed by atoms with van der Waals surface area (Å²) in [6, 6.07) is 30.5. The smallest absolute Gasteiger partial charge is 0.247 e. The lowest BCUT2D eigenvalue weighted by molar-refractivity contribution is 1.19. The van der Waals surface area contributed by atoms with Gasteiger partial charge in [0.25, 0.3) is 0 Å². The molecule has 2 aliphatic heterocycles. The first-order valence-electron chi connectivity index (χ1n) is 18.7. The minimum absolute atomic E-state index is 0.1000. The maximum Gasteiger partial charge on any atom is 0.247 e. The molecule has 0 amide bonds. The number of anilines is 3. The summed E-state index contributed by atoms with van der Waals surface area (Å²) in [6.07, 6.45) is 0. The number of aryl methyl sites for hydroxylation is 2. The first-order chi connectivity index (χ1) is 24.3. The fourth-order valence-electron chi connectivity index (χ4n) is 9.61. The summed E-state index contributed by atoms with van der Waals surface area (Å²) in [5, 5.41) is 0. The van der Waals surface area contributed by atoms with Gasteiger partial charge >= 0.3 is 0 Å². The number of hydrogen-bond acceptors (Lipinski definition) is 1. The highest BCUT2D eigenvalue weighted by Gasteiger charge is 2.45. The molecule has 2 aliphatic rings. The van der Waals surface area contributed by atoms with E-state index in [0.29, 0.717) is 0 Å². The molecule has 6 aromatic rings. The molecule has 3 heteroatoms. The zero-order chi connectivity index (χ0) is 36.2. The largest absolute Gasteiger partial charge is 0.313 e. The predicted molar refractivity (Wildman–Crippen MR) is 226 cm³/mol. The molecule has 0 atom stereocenters. The summed E-state index contributed by atoms with van der Waals surface area (Å²) < 4.78 is 0. The zero-order valence-electron chi connectivity index (χ0n) is 32.6. The van der Waals surface area contributed by atoms with Gasteiger partial charge in [0, 0.05) is 17.1 Å². The molecule has 8 rings (SSSR count). The second-order valence-electron chi connectivity index (χ2n) is 15.8. The van der Waals surface area contributed by atoms with E-state index in [0.717, 1.165) is 0 Å². The fraction of sp³-hybridized carbons (Fsp3) is 0.250. The van der Waals surface area contributed by atoms with Crippen molar-refractivity contribution in [2.45, 2.75) is 83.1 Å². The molecule has 2 heterocycles. The van der Waals surface area contributed by atoms with Gasteiger partial charge in [-0.05, 0) is 173 Å². The van der Waals surface area contributed by atoms with Crippen molar-refractivity contribution >= 4 is 63.3 Å². The second-order valence-corrected chi connectivity index (χ2v) is 15.8. The minimum Gasteiger partial charge on any atom is -0.313 e. The van der Waals surface area contributed by atoms with Crippen LogP contribution in [0.2, 0.25) is 0 Å². The van der Waals surface area contributed by atoms with Gasteiger partial charge in [0.15, 0.2) is 0 Å². The second kappa shape index (κ2) is 11.9. The van der Waals surface area contributed by atoms with E-state index < -0.39 is 0 Å². The van der Waals surface area contributed by atoms with E-state index in [9.17, 15) is 0 Å². The number of nitrogens with zero attached hydrogens (tertiary/aromatic N) is 1. The molecular formula is C48H49B2N. The topological polar surface area (TPSA) is 3.24 Å². The van der Waals surface area contributed by atoms with Crippen LogP contribution in [-0.2, 0) is 0 Å². The Morgan fingerprint density at radius 1 is 0.353 bits per heavy atom. The average molecular weight is 662 g/mol. The fourth-order valence-corrected chi connectivity index (χ4v) is 9.61. The molecule has 0 saturated carbocycles. The third-order valence-corrected chi connectivity index (χ3v) is 13.3. The summed E-state index contributed by atoms with van der Waals surface area (Å²) in [4.78, 5) is 2.65. The van der Waals surface area contributed by atoms with Gasteiger partial charge in [-0.25, -0.2) is 0 Å². The molecule has 1 nitrogen and oxygen atoms in total. The number of rotatable bonds is 3.